The van der Waals surface area contributed by atoms with Crippen LogP contribution in [0.25, 0.3) is 16.5 Å². The van der Waals surface area contributed by atoms with Crippen LogP contribution in [0, 0.1) is 13.8 Å². The highest BCUT2D eigenvalue weighted by Gasteiger charge is 2.21. The number of amides is 1. The van der Waals surface area contributed by atoms with Crippen LogP contribution in [-0.2, 0) is 0 Å². The van der Waals surface area contributed by atoms with E-state index in [1.165, 1.54) is 4.57 Å². The Kier molecular flexibility index (Phi) is 6.42. The van der Waals surface area contributed by atoms with Gasteiger partial charge in [-0.05, 0) is 62.9 Å². The molecule has 0 unspecified atom stereocenters. The highest BCUT2D eigenvalue weighted by atomic mass is 16.3. The molecule has 0 spiro atoms. The fraction of sp³-hybridized carbons (Fsp3) is 0.233. The van der Waals surface area contributed by atoms with E-state index in [0.29, 0.717) is 33.3 Å². The van der Waals surface area contributed by atoms with Crippen LogP contribution < -0.4 is 5.56 Å². The van der Waals surface area contributed by atoms with Gasteiger partial charge in [-0.15, -0.1) is 0 Å². The second-order valence-corrected chi connectivity index (χ2v) is 9.34. The number of aliphatic imine (C=N–C) groups is 1. The Hall–Kier alpha value is -4.19. The third-order valence-corrected chi connectivity index (χ3v) is 6.81. The van der Waals surface area contributed by atoms with Gasteiger partial charge in [0, 0.05) is 30.1 Å². The molecule has 0 aliphatic carbocycles. The zero-order valence-corrected chi connectivity index (χ0v) is 20.6. The maximum Gasteiger partial charge on any atom is 0.265 e. The minimum atomic E-state index is -0.298. The number of para-hydroxylation sites is 1. The lowest BCUT2D eigenvalue weighted by Gasteiger charge is -2.27. The van der Waals surface area contributed by atoms with Crippen molar-refractivity contribution in [2.24, 2.45) is 4.99 Å². The molecule has 1 fully saturated rings. The lowest BCUT2D eigenvalue weighted by molar-refractivity contribution is 0.0725. The van der Waals surface area contributed by atoms with Crippen molar-refractivity contribution in [2.75, 3.05) is 13.1 Å². The van der Waals surface area contributed by atoms with Gasteiger partial charge in [-0.25, -0.2) is 4.57 Å². The first-order valence-electron chi connectivity index (χ1n) is 12.3. The summed E-state index contributed by atoms with van der Waals surface area (Å²) in [7, 11) is 0. The molecule has 0 radical (unpaired) electrons. The normalized spacial score (nSPS) is 14.0. The van der Waals surface area contributed by atoms with Crippen molar-refractivity contribution < 1.29 is 9.90 Å². The first kappa shape index (κ1) is 23.5. The lowest BCUT2D eigenvalue weighted by Crippen LogP contribution is -2.35. The molecule has 4 aromatic rings. The van der Waals surface area contributed by atoms with Gasteiger partial charge in [-0.3, -0.25) is 14.6 Å². The van der Waals surface area contributed by atoms with Crippen molar-refractivity contribution in [3.8, 4) is 11.6 Å². The number of pyridine rings is 1. The van der Waals surface area contributed by atoms with Crippen LogP contribution in [0.2, 0.25) is 0 Å². The molecule has 1 N–H and O–H groups in total. The number of nitrogens with zero attached hydrogens (tertiary/aromatic N) is 3. The third kappa shape index (κ3) is 4.31. The van der Waals surface area contributed by atoms with Gasteiger partial charge >= 0.3 is 0 Å². The molecule has 1 aromatic heterocycles. The van der Waals surface area contributed by atoms with Crippen LogP contribution in [0.1, 0.15) is 46.3 Å². The highest BCUT2D eigenvalue weighted by Crippen LogP contribution is 2.29. The summed E-state index contributed by atoms with van der Waals surface area (Å²) in [5.41, 5.74) is 3.75. The Morgan fingerprint density at radius 2 is 1.61 bits per heavy atom. The molecule has 36 heavy (non-hydrogen) atoms. The third-order valence-electron chi connectivity index (χ3n) is 6.81. The van der Waals surface area contributed by atoms with E-state index < -0.39 is 0 Å². The van der Waals surface area contributed by atoms with E-state index in [-0.39, 0.29) is 17.3 Å². The average Bonchev–Trinajstić information content (AvgIpc) is 2.90. The van der Waals surface area contributed by atoms with Crippen molar-refractivity contribution in [1.29, 1.82) is 0 Å². The van der Waals surface area contributed by atoms with Crippen LogP contribution >= 0.6 is 0 Å². The molecule has 6 nitrogen and oxygen atoms in total. The van der Waals surface area contributed by atoms with E-state index in [9.17, 15) is 14.7 Å². The van der Waals surface area contributed by atoms with Crippen LogP contribution in [0.4, 0.5) is 5.69 Å². The number of carbonyl (C=O) groups is 1. The van der Waals surface area contributed by atoms with E-state index in [4.69, 9.17) is 0 Å². The number of carbonyl (C=O) groups excluding carboxylic acids is 1. The Morgan fingerprint density at radius 3 is 2.36 bits per heavy atom. The number of rotatable bonds is 4. The number of likely N-dealkylation sites (tertiary alicyclic amines) is 1. The minimum Gasteiger partial charge on any atom is -0.494 e. The Balaban J connectivity index is 1.65. The molecule has 1 aliphatic heterocycles. The molecule has 6 heteroatoms. The van der Waals surface area contributed by atoms with Crippen molar-refractivity contribution in [2.45, 2.75) is 33.1 Å². The van der Waals surface area contributed by atoms with Gasteiger partial charge in [0.25, 0.3) is 11.5 Å². The molecule has 5 rings (SSSR count). The molecule has 3 aromatic carbocycles. The Morgan fingerprint density at radius 1 is 0.917 bits per heavy atom. The molecule has 2 heterocycles. The van der Waals surface area contributed by atoms with Crippen molar-refractivity contribution in [3.63, 3.8) is 0 Å². The van der Waals surface area contributed by atoms with Gasteiger partial charge in [-0.2, -0.15) is 0 Å². The van der Waals surface area contributed by atoms with Crippen molar-refractivity contribution >= 4 is 28.6 Å². The zero-order chi connectivity index (χ0) is 25.2. The van der Waals surface area contributed by atoms with Gasteiger partial charge in [0.15, 0.2) is 0 Å². The van der Waals surface area contributed by atoms with Gasteiger partial charge < -0.3 is 10.0 Å². The minimum absolute atomic E-state index is 0.0308. The standard InChI is InChI=1S/C30H29N3O3/c1-20-14-15-27(21(2)18-20)33-29(35)23-11-5-4-10-22(23)25(30(33)36)19-31-26-13-7-6-12-24(26)28(34)32-16-8-3-9-17-32/h4-7,10-15,18-19,36H,3,8-9,16-17H2,1-2H3. The largest absolute Gasteiger partial charge is 0.494 e. The maximum absolute atomic E-state index is 13.4. The number of aryl methyl sites for hydroxylation is 2. The summed E-state index contributed by atoms with van der Waals surface area (Å²) in [6, 6.07) is 20.2. The SMILES string of the molecule is Cc1ccc(-n2c(O)c(C=Nc3ccccc3C(=O)N3CCCCC3)c3ccccc3c2=O)c(C)c1. The summed E-state index contributed by atoms with van der Waals surface area (Å²) in [5, 5.41) is 12.5. The number of benzene rings is 3. The van der Waals surface area contributed by atoms with E-state index >= 15 is 0 Å². The molecule has 0 saturated carbocycles. The highest BCUT2D eigenvalue weighted by molar-refractivity contribution is 6.04. The predicted molar refractivity (Wildman–Crippen MR) is 144 cm³/mol. The smallest absolute Gasteiger partial charge is 0.265 e. The number of aromatic hydroxyl groups is 1. The summed E-state index contributed by atoms with van der Waals surface area (Å²) < 4.78 is 1.34. The number of hydrogen-bond acceptors (Lipinski definition) is 4. The zero-order valence-electron chi connectivity index (χ0n) is 20.6. The first-order chi connectivity index (χ1) is 17.5. The summed E-state index contributed by atoms with van der Waals surface area (Å²) in [6.45, 7) is 5.41. The van der Waals surface area contributed by atoms with Crippen LogP contribution in [-0.4, -0.2) is 39.8 Å². The average molecular weight is 480 g/mol. The van der Waals surface area contributed by atoms with Gasteiger partial charge in [-0.1, -0.05) is 48.0 Å². The molecule has 182 valence electrons. The molecule has 0 bridgehead atoms. The lowest BCUT2D eigenvalue weighted by atomic mass is 10.1. The quantitative estimate of drug-likeness (QED) is 0.382. The second kappa shape index (κ2) is 9.82. The van der Waals surface area contributed by atoms with E-state index in [1.807, 2.05) is 55.1 Å². The van der Waals surface area contributed by atoms with Gasteiger partial charge in [0.05, 0.1) is 22.5 Å². The molecular formula is C30H29N3O3. The molecule has 1 aliphatic rings. The number of aromatic nitrogens is 1. The number of hydrogen-bond donors (Lipinski definition) is 1. The Bertz CT molecular complexity index is 1550. The van der Waals surface area contributed by atoms with Crippen molar-refractivity contribution in [1.82, 2.24) is 9.47 Å². The van der Waals surface area contributed by atoms with Crippen LogP contribution in [0.5, 0.6) is 5.88 Å². The van der Waals surface area contributed by atoms with E-state index in [0.717, 1.165) is 43.5 Å². The Labute approximate surface area is 210 Å². The van der Waals surface area contributed by atoms with Gasteiger partial charge in [0.1, 0.15) is 0 Å². The summed E-state index contributed by atoms with van der Waals surface area (Å²) in [5.74, 6) is -0.217. The van der Waals surface area contributed by atoms with Crippen LogP contribution in [0.3, 0.4) is 0 Å². The maximum atomic E-state index is 13.4. The first-order valence-corrected chi connectivity index (χ1v) is 12.3. The predicted octanol–water partition coefficient (Wildman–Crippen LogP) is 5.69. The van der Waals surface area contributed by atoms with Crippen LogP contribution in [0.15, 0.2) is 76.5 Å². The number of piperidine rings is 1. The van der Waals surface area contributed by atoms with E-state index in [1.54, 1.807) is 36.5 Å². The summed E-state index contributed by atoms with van der Waals surface area (Å²) in [6.07, 6.45) is 4.72. The number of fused-ring (bicyclic) bond motifs is 1. The molecular weight excluding hydrogens is 450 g/mol. The van der Waals surface area contributed by atoms with Gasteiger partial charge in [0.2, 0.25) is 5.88 Å². The van der Waals surface area contributed by atoms with Crippen molar-refractivity contribution in [3.05, 3.63) is 99.3 Å². The fourth-order valence-electron chi connectivity index (χ4n) is 4.94. The topological polar surface area (TPSA) is 74.9 Å². The molecule has 1 amide bonds. The fourth-order valence-corrected chi connectivity index (χ4v) is 4.94. The monoisotopic (exact) mass is 479 g/mol. The summed E-state index contributed by atoms with van der Waals surface area (Å²) in [4.78, 5) is 33.2. The molecule has 1 saturated heterocycles. The van der Waals surface area contributed by atoms with E-state index in [2.05, 4.69) is 4.99 Å². The second-order valence-electron chi connectivity index (χ2n) is 9.34. The summed E-state index contributed by atoms with van der Waals surface area (Å²) >= 11 is 0. The molecule has 0 atom stereocenters.